The summed E-state index contributed by atoms with van der Waals surface area (Å²) in [6.45, 7) is 1.88. The number of aromatic nitrogens is 1. The van der Waals surface area contributed by atoms with E-state index >= 15 is 0 Å². The number of carbonyl (C=O) groups excluding carboxylic acids is 1. The van der Waals surface area contributed by atoms with Crippen LogP contribution in [-0.4, -0.2) is 17.1 Å². The largest absolute Gasteiger partial charge is 0.451 e. The smallest absolute Gasteiger partial charge is 0.293 e. The number of aryl methyl sites for hydroxylation is 1. The molecular formula is C15H12N2O3S2. The Bertz CT molecular complexity index is 915. The van der Waals surface area contributed by atoms with Crippen LogP contribution in [0.15, 0.2) is 43.8 Å². The van der Waals surface area contributed by atoms with Gasteiger partial charge in [0.25, 0.3) is 5.91 Å². The molecule has 7 heteroatoms. The first-order valence-electron chi connectivity index (χ1n) is 6.44. The summed E-state index contributed by atoms with van der Waals surface area (Å²) in [5.41, 5.74) is 1.01. The number of anilines is 1. The molecule has 1 N–H and O–H groups in total. The van der Waals surface area contributed by atoms with E-state index in [-0.39, 0.29) is 11.2 Å². The van der Waals surface area contributed by atoms with Crippen molar-refractivity contribution < 1.29 is 9.21 Å². The highest BCUT2D eigenvalue weighted by Crippen LogP contribution is 2.30. The number of carbonyl (C=O) groups is 1. The Morgan fingerprint density at radius 2 is 2.14 bits per heavy atom. The van der Waals surface area contributed by atoms with Crippen LogP contribution in [0.1, 0.15) is 16.2 Å². The fourth-order valence-electron chi connectivity index (χ4n) is 2.00. The molecule has 0 saturated heterocycles. The molecule has 0 aliphatic rings. The van der Waals surface area contributed by atoms with Gasteiger partial charge in [-0.1, -0.05) is 23.5 Å². The summed E-state index contributed by atoms with van der Waals surface area (Å²) in [5.74, 6) is -0.508. The van der Waals surface area contributed by atoms with Crippen LogP contribution >= 0.6 is 23.1 Å². The number of amides is 1. The van der Waals surface area contributed by atoms with E-state index in [4.69, 9.17) is 4.42 Å². The van der Waals surface area contributed by atoms with Gasteiger partial charge in [-0.25, -0.2) is 4.98 Å². The number of fused-ring (bicyclic) bond motifs is 1. The van der Waals surface area contributed by atoms with E-state index in [0.717, 1.165) is 9.90 Å². The third-order valence-corrected chi connectivity index (χ3v) is 5.30. The predicted octanol–water partition coefficient (Wildman–Crippen LogP) is 3.53. The van der Waals surface area contributed by atoms with Crippen molar-refractivity contribution in [3.05, 3.63) is 52.0 Å². The molecule has 3 rings (SSSR count). The number of hydrogen-bond acceptors (Lipinski definition) is 6. The lowest BCUT2D eigenvalue weighted by atomic mass is 10.2. The molecule has 0 radical (unpaired) electrons. The van der Waals surface area contributed by atoms with Crippen molar-refractivity contribution >= 4 is 45.1 Å². The zero-order chi connectivity index (χ0) is 15.7. The van der Waals surface area contributed by atoms with Crippen LogP contribution in [0.2, 0.25) is 0 Å². The first-order chi connectivity index (χ1) is 10.6. The van der Waals surface area contributed by atoms with Crippen molar-refractivity contribution in [3.8, 4) is 0 Å². The Morgan fingerprint density at radius 3 is 2.86 bits per heavy atom. The molecule has 2 heterocycles. The minimum atomic E-state index is -0.482. The molecule has 0 aliphatic carbocycles. The van der Waals surface area contributed by atoms with Gasteiger partial charge in [-0.05, 0) is 25.3 Å². The normalized spacial score (nSPS) is 10.8. The van der Waals surface area contributed by atoms with Crippen molar-refractivity contribution in [2.75, 3.05) is 11.6 Å². The van der Waals surface area contributed by atoms with Crippen LogP contribution in [0.5, 0.6) is 0 Å². The number of nitrogens with one attached hydrogen (secondary N) is 1. The van der Waals surface area contributed by atoms with Crippen LogP contribution in [0, 0.1) is 6.92 Å². The maximum atomic E-state index is 12.2. The third-order valence-electron chi connectivity index (χ3n) is 3.02. The average Bonchev–Trinajstić information content (AvgIpc) is 2.87. The van der Waals surface area contributed by atoms with E-state index in [1.165, 1.54) is 17.4 Å². The van der Waals surface area contributed by atoms with Gasteiger partial charge in [0.2, 0.25) is 0 Å². The van der Waals surface area contributed by atoms with Gasteiger partial charge in [0.15, 0.2) is 16.3 Å². The van der Waals surface area contributed by atoms with Crippen LogP contribution < -0.4 is 10.7 Å². The van der Waals surface area contributed by atoms with Gasteiger partial charge < -0.3 is 4.42 Å². The Kier molecular flexibility index (Phi) is 4.00. The molecule has 0 aliphatic heterocycles. The predicted molar refractivity (Wildman–Crippen MR) is 89.1 cm³/mol. The fourth-order valence-corrected chi connectivity index (χ4v) is 3.61. The molecule has 0 fully saturated rings. The van der Waals surface area contributed by atoms with Crippen molar-refractivity contribution in [3.63, 3.8) is 0 Å². The van der Waals surface area contributed by atoms with E-state index in [1.807, 2.05) is 13.2 Å². The molecule has 112 valence electrons. The first-order valence-corrected chi connectivity index (χ1v) is 8.48. The highest BCUT2D eigenvalue weighted by molar-refractivity contribution is 8.00. The lowest BCUT2D eigenvalue weighted by Crippen LogP contribution is -2.14. The summed E-state index contributed by atoms with van der Waals surface area (Å²) in [6, 6.07) is 8.03. The van der Waals surface area contributed by atoms with Crippen molar-refractivity contribution in [1.29, 1.82) is 0 Å². The fraction of sp³-hybridized carbons (Fsp3) is 0.133. The van der Waals surface area contributed by atoms with Gasteiger partial charge >= 0.3 is 0 Å². The van der Waals surface area contributed by atoms with Crippen molar-refractivity contribution in [1.82, 2.24) is 4.98 Å². The standard InChI is InChI=1S/C15H12N2O3S2/c1-8-14(21-2)22-15(16-8)17-13(19)12-7-10(18)9-5-3-4-6-11(9)20-12/h3-7H,1-2H3,(H,16,17,19). The summed E-state index contributed by atoms with van der Waals surface area (Å²) < 4.78 is 6.54. The number of benzene rings is 1. The average molecular weight is 332 g/mol. The van der Waals surface area contributed by atoms with Crippen LogP contribution in [0.3, 0.4) is 0 Å². The highest BCUT2D eigenvalue weighted by Gasteiger charge is 2.15. The number of hydrogen-bond donors (Lipinski definition) is 1. The summed E-state index contributed by atoms with van der Waals surface area (Å²) in [4.78, 5) is 28.5. The minimum absolute atomic E-state index is 0.0257. The van der Waals surface area contributed by atoms with Crippen LogP contribution in [0.25, 0.3) is 11.0 Å². The maximum Gasteiger partial charge on any atom is 0.293 e. The van der Waals surface area contributed by atoms with Crippen LogP contribution in [0.4, 0.5) is 5.13 Å². The third kappa shape index (κ3) is 2.77. The Labute approximate surface area is 134 Å². The maximum absolute atomic E-state index is 12.2. The Morgan fingerprint density at radius 1 is 1.36 bits per heavy atom. The molecule has 0 bridgehead atoms. The zero-order valence-electron chi connectivity index (χ0n) is 11.9. The molecule has 0 saturated carbocycles. The number of rotatable bonds is 3. The molecule has 1 amide bonds. The molecule has 0 unspecified atom stereocenters. The van der Waals surface area contributed by atoms with Gasteiger partial charge in [0.05, 0.1) is 15.3 Å². The van der Waals surface area contributed by atoms with Crippen molar-refractivity contribution in [2.45, 2.75) is 11.1 Å². The summed E-state index contributed by atoms with van der Waals surface area (Å²) >= 11 is 2.97. The quantitative estimate of drug-likeness (QED) is 0.743. The van der Waals surface area contributed by atoms with Gasteiger partial charge in [0.1, 0.15) is 5.58 Å². The monoisotopic (exact) mass is 332 g/mol. The molecule has 22 heavy (non-hydrogen) atoms. The number of thioether (sulfide) groups is 1. The second kappa shape index (κ2) is 5.94. The second-order valence-corrected chi connectivity index (χ2v) is 6.60. The molecule has 1 aromatic carbocycles. The topological polar surface area (TPSA) is 72.2 Å². The summed E-state index contributed by atoms with van der Waals surface area (Å²) in [7, 11) is 0. The minimum Gasteiger partial charge on any atom is -0.451 e. The zero-order valence-corrected chi connectivity index (χ0v) is 13.5. The van der Waals surface area contributed by atoms with Gasteiger partial charge in [0, 0.05) is 6.07 Å². The highest BCUT2D eigenvalue weighted by atomic mass is 32.2. The molecule has 3 aromatic rings. The summed E-state index contributed by atoms with van der Waals surface area (Å²) in [5, 5.41) is 3.61. The van der Waals surface area contributed by atoms with Gasteiger partial charge in [-0.15, -0.1) is 11.8 Å². The van der Waals surface area contributed by atoms with E-state index in [9.17, 15) is 9.59 Å². The number of nitrogens with zero attached hydrogens (tertiary/aromatic N) is 1. The number of thiazole rings is 1. The van der Waals surface area contributed by atoms with E-state index < -0.39 is 5.91 Å². The number of para-hydroxylation sites is 1. The van der Waals surface area contributed by atoms with Crippen LogP contribution in [-0.2, 0) is 0 Å². The molecule has 5 nitrogen and oxygen atoms in total. The molecule has 0 atom stereocenters. The van der Waals surface area contributed by atoms with E-state index in [2.05, 4.69) is 10.3 Å². The van der Waals surface area contributed by atoms with E-state index in [1.54, 1.807) is 36.0 Å². The molecule has 2 aromatic heterocycles. The molecular weight excluding hydrogens is 320 g/mol. The SMILES string of the molecule is CSc1sc(NC(=O)c2cc(=O)c3ccccc3o2)nc1C. The lowest BCUT2D eigenvalue weighted by Gasteiger charge is -2.02. The second-order valence-electron chi connectivity index (χ2n) is 4.52. The Balaban J connectivity index is 1.93. The first kappa shape index (κ1) is 14.8. The Hall–Kier alpha value is -2.12. The summed E-state index contributed by atoms with van der Waals surface area (Å²) in [6.07, 6.45) is 1.95. The van der Waals surface area contributed by atoms with Gasteiger partial charge in [-0.2, -0.15) is 0 Å². The van der Waals surface area contributed by atoms with Crippen molar-refractivity contribution in [2.24, 2.45) is 0 Å². The lowest BCUT2D eigenvalue weighted by molar-refractivity contribution is 0.0997. The molecule has 0 spiro atoms. The van der Waals surface area contributed by atoms with Gasteiger partial charge in [-0.3, -0.25) is 14.9 Å². The van der Waals surface area contributed by atoms with E-state index in [0.29, 0.717) is 16.1 Å².